The fourth-order valence-corrected chi connectivity index (χ4v) is 8.78. The van der Waals surface area contributed by atoms with Gasteiger partial charge in [0.15, 0.2) is 0 Å². The van der Waals surface area contributed by atoms with Crippen molar-refractivity contribution in [2.75, 3.05) is 6.16 Å². The molecule has 0 aliphatic rings. The van der Waals surface area contributed by atoms with Gasteiger partial charge in [0.05, 0.1) is 24.4 Å². The third-order valence-corrected chi connectivity index (χ3v) is 10.8. The third kappa shape index (κ3) is 4.15. The molecule has 0 aliphatic carbocycles. The summed E-state index contributed by atoms with van der Waals surface area (Å²) in [5.41, 5.74) is 3.64. The first-order valence-corrected chi connectivity index (χ1v) is 13.4. The Balaban J connectivity index is 1.63. The Morgan fingerprint density at radius 1 is 0.667 bits per heavy atom. The van der Waals surface area contributed by atoms with Crippen LogP contribution in [0.1, 0.15) is 12.5 Å². The molecule has 0 saturated heterocycles. The van der Waals surface area contributed by atoms with Crippen LogP contribution in [0.3, 0.4) is 0 Å². The summed E-state index contributed by atoms with van der Waals surface area (Å²) in [5.74, 6) is 0. The lowest BCUT2D eigenvalue weighted by molar-refractivity contribution is 0.805. The van der Waals surface area contributed by atoms with Crippen molar-refractivity contribution in [1.29, 1.82) is 0 Å². The Bertz CT molecular complexity index is 1270. The largest absolute Gasteiger partial charge is 0.326 e. The van der Waals surface area contributed by atoms with E-state index in [9.17, 15) is 0 Å². The molecule has 2 nitrogen and oxygen atoms in total. The molecule has 0 fully saturated rings. The molecular formula is C30H28N2P+. The maximum atomic E-state index is 4.50. The third-order valence-electron chi connectivity index (χ3n) is 6.36. The Morgan fingerprint density at radius 2 is 1.24 bits per heavy atom. The van der Waals surface area contributed by atoms with Gasteiger partial charge in [-0.2, -0.15) is 0 Å². The van der Waals surface area contributed by atoms with Crippen molar-refractivity contribution in [3.63, 3.8) is 0 Å². The number of aromatic nitrogens is 2. The Morgan fingerprint density at radius 3 is 1.85 bits per heavy atom. The maximum absolute atomic E-state index is 4.50. The zero-order valence-electron chi connectivity index (χ0n) is 18.9. The molecule has 0 radical (unpaired) electrons. The van der Waals surface area contributed by atoms with Gasteiger partial charge in [-0.25, -0.2) is 4.98 Å². The highest BCUT2D eigenvalue weighted by Gasteiger charge is 2.43. The first-order chi connectivity index (χ1) is 16.3. The van der Waals surface area contributed by atoms with Crippen LogP contribution in [0.25, 0.3) is 11.3 Å². The monoisotopic (exact) mass is 447 g/mol. The van der Waals surface area contributed by atoms with Crippen molar-refractivity contribution < 1.29 is 0 Å². The Kier molecular flexibility index (Phi) is 6.19. The summed E-state index contributed by atoms with van der Waals surface area (Å²) < 4.78 is 2.24. The first kappa shape index (κ1) is 21.4. The van der Waals surface area contributed by atoms with Gasteiger partial charge in [-0.05, 0) is 48.9 Å². The van der Waals surface area contributed by atoms with Gasteiger partial charge >= 0.3 is 0 Å². The van der Waals surface area contributed by atoms with Crippen LogP contribution in [-0.4, -0.2) is 15.7 Å². The zero-order valence-corrected chi connectivity index (χ0v) is 19.8. The summed E-state index contributed by atoms with van der Waals surface area (Å²) in [6, 6.07) is 41.8. The van der Waals surface area contributed by atoms with Gasteiger partial charge in [0.1, 0.15) is 23.2 Å². The van der Waals surface area contributed by atoms with Crippen molar-refractivity contribution in [2.24, 2.45) is 0 Å². The van der Waals surface area contributed by atoms with E-state index in [1.807, 2.05) is 12.5 Å². The minimum atomic E-state index is -1.77. The molecule has 0 amide bonds. The van der Waals surface area contributed by atoms with Gasteiger partial charge in [-0.3, -0.25) is 0 Å². The minimum Gasteiger partial charge on any atom is -0.326 e. The lowest BCUT2D eigenvalue weighted by Gasteiger charge is -2.26. The van der Waals surface area contributed by atoms with E-state index in [1.54, 1.807) is 0 Å². The molecule has 5 rings (SSSR count). The van der Waals surface area contributed by atoms with Crippen LogP contribution in [0.2, 0.25) is 0 Å². The van der Waals surface area contributed by atoms with Crippen molar-refractivity contribution in [3.05, 3.63) is 133 Å². The normalized spacial score (nSPS) is 11.4. The summed E-state index contributed by atoms with van der Waals surface area (Å²) in [6.45, 7) is 3.14. The van der Waals surface area contributed by atoms with Gasteiger partial charge in [-0.15, -0.1) is 0 Å². The summed E-state index contributed by atoms with van der Waals surface area (Å²) in [7, 11) is -1.77. The molecule has 4 aromatic carbocycles. The SMILES string of the molecule is CC[P+](c1ccccc1)(c1ccccc1)c1cccc(-c2cncn2Cc2ccccc2)c1. The van der Waals surface area contributed by atoms with Gasteiger partial charge in [0.25, 0.3) is 0 Å². The van der Waals surface area contributed by atoms with E-state index in [0.717, 1.165) is 18.4 Å². The lowest BCUT2D eigenvalue weighted by atomic mass is 10.1. The molecule has 3 heteroatoms. The number of hydrogen-bond acceptors (Lipinski definition) is 1. The van der Waals surface area contributed by atoms with E-state index in [-0.39, 0.29) is 0 Å². The number of rotatable bonds is 7. The van der Waals surface area contributed by atoms with Crippen molar-refractivity contribution in [3.8, 4) is 11.3 Å². The second-order valence-corrected chi connectivity index (χ2v) is 12.0. The molecule has 0 aliphatic heterocycles. The van der Waals surface area contributed by atoms with Crippen molar-refractivity contribution in [1.82, 2.24) is 9.55 Å². The quantitative estimate of drug-likeness (QED) is 0.284. The summed E-state index contributed by atoms with van der Waals surface area (Å²) in [5, 5.41) is 4.26. The van der Waals surface area contributed by atoms with Crippen LogP contribution in [0.15, 0.2) is 128 Å². The Labute approximate surface area is 196 Å². The Hall–Kier alpha value is -3.48. The van der Waals surface area contributed by atoms with Crippen molar-refractivity contribution in [2.45, 2.75) is 13.5 Å². The molecule has 0 N–H and O–H groups in total. The average molecular weight is 448 g/mol. The lowest BCUT2D eigenvalue weighted by Crippen LogP contribution is -2.32. The molecule has 0 atom stereocenters. The van der Waals surface area contributed by atoms with E-state index in [1.165, 1.54) is 27.0 Å². The van der Waals surface area contributed by atoms with E-state index in [2.05, 4.69) is 132 Å². The van der Waals surface area contributed by atoms with E-state index >= 15 is 0 Å². The van der Waals surface area contributed by atoms with Crippen LogP contribution in [0.5, 0.6) is 0 Å². The fraction of sp³-hybridized carbons (Fsp3) is 0.100. The molecule has 0 spiro atoms. The summed E-state index contributed by atoms with van der Waals surface area (Å²) in [6.07, 6.45) is 5.00. The highest BCUT2D eigenvalue weighted by atomic mass is 31.2. The van der Waals surface area contributed by atoms with Gasteiger partial charge in [0, 0.05) is 12.1 Å². The van der Waals surface area contributed by atoms with Crippen LogP contribution >= 0.6 is 7.26 Å². The minimum absolute atomic E-state index is 0.811. The molecule has 0 unspecified atom stereocenters. The van der Waals surface area contributed by atoms with Gasteiger partial charge in [-0.1, -0.05) is 78.9 Å². The molecule has 33 heavy (non-hydrogen) atoms. The van der Waals surface area contributed by atoms with Crippen LogP contribution in [0.4, 0.5) is 0 Å². The second kappa shape index (κ2) is 9.57. The molecule has 162 valence electrons. The number of hydrogen-bond donors (Lipinski definition) is 0. The predicted molar refractivity (Wildman–Crippen MR) is 142 cm³/mol. The zero-order chi connectivity index (χ0) is 22.5. The van der Waals surface area contributed by atoms with Crippen LogP contribution < -0.4 is 15.9 Å². The molecule has 0 bridgehead atoms. The molecule has 5 aromatic rings. The van der Waals surface area contributed by atoms with Gasteiger partial charge in [0.2, 0.25) is 0 Å². The molecule has 1 aromatic heterocycles. The van der Waals surface area contributed by atoms with Crippen molar-refractivity contribution >= 4 is 23.2 Å². The highest BCUT2D eigenvalue weighted by Crippen LogP contribution is 2.55. The molecule has 1 heterocycles. The van der Waals surface area contributed by atoms with Crippen LogP contribution in [-0.2, 0) is 6.54 Å². The van der Waals surface area contributed by atoms with E-state index < -0.39 is 7.26 Å². The second-order valence-electron chi connectivity index (χ2n) is 8.24. The number of benzene rings is 4. The number of nitrogens with zero attached hydrogens (tertiary/aromatic N) is 2. The molecular weight excluding hydrogens is 419 g/mol. The maximum Gasteiger partial charge on any atom is 0.111 e. The van der Waals surface area contributed by atoms with E-state index in [4.69, 9.17) is 0 Å². The average Bonchev–Trinajstić information content (AvgIpc) is 3.35. The fourth-order valence-electron chi connectivity index (χ4n) is 4.73. The summed E-state index contributed by atoms with van der Waals surface area (Å²) >= 11 is 0. The van der Waals surface area contributed by atoms with E-state index in [0.29, 0.717) is 0 Å². The predicted octanol–water partition coefficient (Wildman–Crippen LogP) is 5.91. The summed E-state index contributed by atoms with van der Waals surface area (Å²) in [4.78, 5) is 4.50. The smallest absolute Gasteiger partial charge is 0.111 e. The van der Waals surface area contributed by atoms with Crippen LogP contribution in [0, 0.1) is 0 Å². The standard InChI is InChI=1S/C30H28N2P/c1-2-33(27-16-8-4-9-17-27,28-18-10-5-11-19-28)29-20-12-15-26(21-29)30-22-31-24-32(30)23-25-13-6-3-7-14-25/h3-22,24H,2,23H2,1H3/q+1. The topological polar surface area (TPSA) is 17.8 Å². The molecule has 0 saturated carbocycles. The highest BCUT2D eigenvalue weighted by molar-refractivity contribution is 7.95. The number of imidazole rings is 1. The first-order valence-electron chi connectivity index (χ1n) is 11.5. The van der Waals surface area contributed by atoms with Gasteiger partial charge < -0.3 is 4.57 Å².